The van der Waals surface area contributed by atoms with Crippen molar-refractivity contribution in [3.8, 4) is 11.4 Å². The summed E-state index contributed by atoms with van der Waals surface area (Å²) in [6.45, 7) is 7.92. The van der Waals surface area contributed by atoms with Crippen LogP contribution in [-0.2, 0) is 0 Å². The Bertz CT molecular complexity index is 900. The number of benzene rings is 1. The van der Waals surface area contributed by atoms with Crippen LogP contribution in [0.2, 0.25) is 0 Å². The summed E-state index contributed by atoms with van der Waals surface area (Å²) in [5.74, 6) is 1.59. The van der Waals surface area contributed by atoms with Gasteiger partial charge in [-0.25, -0.2) is 0 Å². The number of aryl methyl sites for hydroxylation is 1. The highest BCUT2D eigenvalue weighted by molar-refractivity contribution is 5.91. The number of anilines is 1. The highest BCUT2D eigenvalue weighted by atomic mass is 16.5. The van der Waals surface area contributed by atoms with Crippen molar-refractivity contribution in [3.63, 3.8) is 0 Å². The van der Waals surface area contributed by atoms with Crippen LogP contribution in [0, 0.1) is 13.8 Å². The monoisotopic (exact) mass is 339 g/mol. The smallest absolute Gasteiger partial charge is 0.126 e. The first-order chi connectivity index (χ1) is 12.0. The number of likely N-dealkylation sites (N-methyl/N-ethyl adjacent to an activating group) is 1. The molecule has 0 atom stereocenters. The predicted molar refractivity (Wildman–Crippen MR) is 100 cm³/mol. The zero-order chi connectivity index (χ0) is 17.6. The van der Waals surface area contributed by atoms with Crippen LogP contribution in [0.15, 0.2) is 24.4 Å². The first-order valence-electron chi connectivity index (χ1n) is 8.83. The first kappa shape index (κ1) is 16.0. The normalized spacial score (nSPS) is 15.6. The average Bonchev–Trinajstić information content (AvgIpc) is 3.05. The summed E-state index contributed by atoms with van der Waals surface area (Å²) in [5.41, 5.74) is 10.5. The molecule has 0 aliphatic heterocycles. The molecular weight excluding hydrogens is 314 g/mol. The van der Waals surface area contributed by atoms with E-state index < -0.39 is 0 Å². The van der Waals surface area contributed by atoms with Gasteiger partial charge >= 0.3 is 0 Å². The summed E-state index contributed by atoms with van der Waals surface area (Å²) in [4.78, 5) is 0. The molecular formula is C19H25N5O. The molecule has 6 heteroatoms. The van der Waals surface area contributed by atoms with Gasteiger partial charge in [-0.15, -0.1) is 0 Å². The van der Waals surface area contributed by atoms with Crippen LogP contribution in [0.3, 0.4) is 0 Å². The lowest BCUT2D eigenvalue weighted by Gasteiger charge is -2.21. The number of aromatic nitrogens is 3. The maximum Gasteiger partial charge on any atom is 0.126 e. The topological polar surface area (TPSA) is 80.9 Å². The first-order valence-corrected chi connectivity index (χ1v) is 8.83. The molecule has 6 nitrogen and oxygen atoms in total. The van der Waals surface area contributed by atoms with Crippen molar-refractivity contribution in [1.82, 2.24) is 20.1 Å². The summed E-state index contributed by atoms with van der Waals surface area (Å²) in [7, 11) is 0. The van der Waals surface area contributed by atoms with Crippen LogP contribution in [0.1, 0.15) is 31.0 Å². The highest BCUT2D eigenvalue weighted by Gasteiger charge is 2.42. The van der Waals surface area contributed by atoms with E-state index in [0.29, 0.717) is 12.4 Å². The molecule has 1 aromatic carbocycles. The third-order valence-electron chi connectivity index (χ3n) is 5.16. The molecule has 1 aliphatic carbocycles. The fourth-order valence-corrected chi connectivity index (χ4v) is 3.57. The van der Waals surface area contributed by atoms with E-state index in [9.17, 15) is 0 Å². The summed E-state index contributed by atoms with van der Waals surface area (Å²) in [6, 6.07) is 6.00. The molecule has 25 heavy (non-hydrogen) atoms. The molecule has 1 saturated carbocycles. The van der Waals surface area contributed by atoms with E-state index >= 15 is 0 Å². The van der Waals surface area contributed by atoms with E-state index in [1.807, 2.05) is 24.4 Å². The number of rotatable bonds is 6. The van der Waals surface area contributed by atoms with Gasteiger partial charge < -0.3 is 15.8 Å². The second kappa shape index (κ2) is 5.81. The molecule has 0 amide bonds. The lowest BCUT2D eigenvalue weighted by molar-refractivity contribution is 0.253. The highest BCUT2D eigenvalue weighted by Crippen LogP contribution is 2.38. The standard InChI is InChI=1S/C19H25N5O/c1-4-21-19(7-8-19)11-25-16-9-15-14(10-22-23-15)18(13(16)3)24-12(2)5-6-17(24)20/h5-6,9-10,21H,4,7-8,11,20H2,1-3H3,(H,22,23). The molecule has 1 fully saturated rings. The number of nitrogens with one attached hydrogen (secondary N) is 2. The summed E-state index contributed by atoms with van der Waals surface area (Å²) in [5, 5.41) is 11.9. The van der Waals surface area contributed by atoms with Crippen LogP contribution in [0.4, 0.5) is 5.82 Å². The van der Waals surface area contributed by atoms with Crippen molar-refractivity contribution in [2.24, 2.45) is 0 Å². The van der Waals surface area contributed by atoms with E-state index in [2.05, 4.69) is 40.9 Å². The Kier molecular flexibility index (Phi) is 3.72. The van der Waals surface area contributed by atoms with E-state index in [4.69, 9.17) is 10.5 Å². The van der Waals surface area contributed by atoms with Gasteiger partial charge in [-0.3, -0.25) is 9.67 Å². The quantitative estimate of drug-likeness (QED) is 0.645. The third kappa shape index (κ3) is 2.66. The Hall–Kier alpha value is -2.47. The van der Waals surface area contributed by atoms with Crippen molar-refractivity contribution >= 4 is 16.7 Å². The van der Waals surface area contributed by atoms with Crippen molar-refractivity contribution in [3.05, 3.63) is 35.7 Å². The Labute approximate surface area is 147 Å². The number of hydrogen-bond donors (Lipinski definition) is 3. The van der Waals surface area contributed by atoms with Gasteiger partial charge in [0.25, 0.3) is 0 Å². The van der Waals surface area contributed by atoms with Gasteiger partial charge in [0.05, 0.1) is 22.9 Å². The minimum Gasteiger partial charge on any atom is -0.491 e. The molecule has 0 bridgehead atoms. The largest absolute Gasteiger partial charge is 0.491 e. The summed E-state index contributed by atoms with van der Waals surface area (Å²) >= 11 is 0. The van der Waals surface area contributed by atoms with Crippen LogP contribution in [-0.4, -0.2) is 33.5 Å². The minimum absolute atomic E-state index is 0.146. The second-order valence-corrected chi connectivity index (χ2v) is 7.01. The SMILES string of the molecule is CCNC1(COc2cc3[nH]ncc3c(-n3c(C)ccc3N)c2C)CC1. The summed E-state index contributed by atoms with van der Waals surface area (Å²) in [6.07, 6.45) is 4.19. The molecule has 0 saturated heterocycles. The number of H-pyrrole nitrogens is 1. The molecule has 132 valence electrons. The number of nitrogens with zero attached hydrogens (tertiary/aromatic N) is 2. The lowest BCUT2D eigenvalue weighted by Crippen LogP contribution is -2.36. The molecule has 4 rings (SSSR count). The van der Waals surface area contributed by atoms with Gasteiger partial charge in [0, 0.05) is 22.7 Å². The van der Waals surface area contributed by atoms with Gasteiger partial charge in [0.15, 0.2) is 0 Å². The Morgan fingerprint density at radius 3 is 2.80 bits per heavy atom. The Morgan fingerprint density at radius 2 is 2.16 bits per heavy atom. The number of nitrogens with two attached hydrogens (primary N) is 1. The van der Waals surface area contributed by atoms with Crippen LogP contribution in [0.25, 0.3) is 16.6 Å². The molecule has 3 aromatic rings. The number of nitrogen functional groups attached to an aromatic ring is 1. The van der Waals surface area contributed by atoms with Crippen molar-refractivity contribution < 1.29 is 4.74 Å². The third-order valence-corrected chi connectivity index (χ3v) is 5.16. The van der Waals surface area contributed by atoms with Crippen LogP contribution < -0.4 is 15.8 Å². The molecule has 2 heterocycles. The minimum atomic E-state index is 0.146. The van der Waals surface area contributed by atoms with E-state index in [-0.39, 0.29) is 5.54 Å². The summed E-state index contributed by atoms with van der Waals surface area (Å²) < 4.78 is 8.31. The van der Waals surface area contributed by atoms with Crippen molar-refractivity contribution in [1.29, 1.82) is 0 Å². The Balaban J connectivity index is 1.78. The van der Waals surface area contributed by atoms with Gasteiger partial charge in [-0.1, -0.05) is 6.92 Å². The van der Waals surface area contributed by atoms with Crippen LogP contribution >= 0.6 is 0 Å². The second-order valence-electron chi connectivity index (χ2n) is 7.01. The molecule has 4 N–H and O–H groups in total. The molecule has 0 spiro atoms. The van der Waals surface area contributed by atoms with Crippen molar-refractivity contribution in [2.75, 3.05) is 18.9 Å². The Morgan fingerprint density at radius 1 is 1.36 bits per heavy atom. The van der Waals surface area contributed by atoms with Crippen LogP contribution in [0.5, 0.6) is 5.75 Å². The number of hydrogen-bond acceptors (Lipinski definition) is 4. The van der Waals surface area contributed by atoms with E-state index in [1.54, 1.807) is 0 Å². The van der Waals surface area contributed by atoms with E-state index in [0.717, 1.165) is 40.1 Å². The molecule has 1 aliphatic rings. The fraction of sp³-hybridized carbons (Fsp3) is 0.421. The predicted octanol–water partition coefficient (Wildman–Crippen LogP) is 3.07. The zero-order valence-electron chi connectivity index (χ0n) is 15.0. The van der Waals surface area contributed by atoms with Gasteiger partial charge in [0.2, 0.25) is 0 Å². The molecule has 0 radical (unpaired) electrons. The average molecular weight is 339 g/mol. The van der Waals surface area contributed by atoms with Crippen molar-refractivity contribution in [2.45, 2.75) is 39.2 Å². The number of fused-ring (bicyclic) bond motifs is 1. The van der Waals surface area contributed by atoms with Gasteiger partial charge in [-0.2, -0.15) is 5.10 Å². The number of aromatic amines is 1. The zero-order valence-corrected chi connectivity index (χ0v) is 15.0. The van der Waals surface area contributed by atoms with Gasteiger partial charge in [0.1, 0.15) is 18.2 Å². The maximum atomic E-state index is 6.25. The fourth-order valence-electron chi connectivity index (χ4n) is 3.57. The maximum absolute atomic E-state index is 6.25. The molecule has 2 aromatic heterocycles. The lowest BCUT2D eigenvalue weighted by atomic mass is 10.1. The number of ether oxygens (including phenoxy) is 1. The van der Waals surface area contributed by atoms with Gasteiger partial charge in [-0.05, 0) is 45.4 Å². The van der Waals surface area contributed by atoms with E-state index in [1.165, 1.54) is 12.8 Å². The molecule has 0 unspecified atom stereocenters.